The molecule has 0 radical (unpaired) electrons. The van der Waals surface area contributed by atoms with E-state index in [1.54, 1.807) is 6.33 Å². The molecule has 0 aromatic carbocycles. The van der Waals surface area contributed by atoms with Gasteiger partial charge in [-0.15, -0.1) is 0 Å². The third-order valence-electron chi connectivity index (χ3n) is 4.83. The van der Waals surface area contributed by atoms with Crippen LogP contribution in [-0.4, -0.2) is 29.1 Å². The van der Waals surface area contributed by atoms with Crippen LogP contribution in [0.1, 0.15) is 51.9 Å². The average molecular weight is 353 g/mol. The summed E-state index contributed by atoms with van der Waals surface area (Å²) in [5.74, 6) is 2.88. The van der Waals surface area contributed by atoms with Gasteiger partial charge in [0.25, 0.3) is 0 Å². The maximum Gasteiger partial charge on any atom is 0.148 e. The zero-order valence-electron chi connectivity index (χ0n) is 12.8. The molecule has 1 saturated heterocycles. The number of nitrogens with zero attached hydrogens (tertiary/aromatic N) is 3. The van der Waals surface area contributed by atoms with Gasteiger partial charge in [-0.2, -0.15) is 0 Å². The van der Waals surface area contributed by atoms with Crippen LogP contribution in [0.3, 0.4) is 0 Å². The van der Waals surface area contributed by atoms with Gasteiger partial charge in [-0.25, -0.2) is 9.97 Å². The monoisotopic (exact) mass is 352 g/mol. The van der Waals surface area contributed by atoms with E-state index in [0.29, 0.717) is 6.04 Å². The normalized spacial score (nSPS) is 25.5. The first-order chi connectivity index (χ1) is 10.3. The highest BCUT2D eigenvalue weighted by atomic mass is 79.9. The van der Waals surface area contributed by atoms with Gasteiger partial charge in [0.15, 0.2) is 0 Å². The molecule has 2 aliphatic rings. The van der Waals surface area contributed by atoms with E-state index < -0.39 is 0 Å². The largest absolute Gasteiger partial charge is 0.369 e. The van der Waals surface area contributed by atoms with Crippen molar-refractivity contribution in [2.24, 2.45) is 5.92 Å². The molecule has 2 atom stereocenters. The molecule has 1 N–H and O–H groups in total. The molecular formula is C16H25BrN4. The number of nitrogens with one attached hydrogen (secondary N) is 1. The Morgan fingerprint density at radius 1 is 1.24 bits per heavy atom. The molecule has 3 rings (SSSR count). The summed E-state index contributed by atoms with van der Waals surface area (Å²) in [7, 11) is 0. The number of hydrogen-bond donors (Lipinski definition) is 1. The van der Waals surface area contributed by atoms with Crippen molar-refractivity contribution in [3.05, 3.63) is 10.8 Å². The van der Waals surface area contributed by atoms with E-state index >= 15 is 0 Å². The number of anilines is 2. The smallest absolute Gasteiger partial charge is 0.148 e. The molecule has 1 aromatic heterocycles. The Bertz CT molecular complexity index is 477. The Kier molecular flexibility index (Phi) is 4.99. The molecule has 2 heterocycles. The fourth-order valence-corrected chi connectivity index (χ4v) is 4.39. The van der Waals surface area contributed by atoms with Crippen molar-refractivity contribution in [2.45, 2.75) is 57.9 Å². The molecule has 0 bridgehead atoms. The number of piperidine rings is 1. The van der Waals surface area contributed by atoms with Crippen molar-refractivity contribution in [1.29, 1.82) is 0 Å². The van der Waals surface area contributed by atoms with Gasteiger partial charge in [0.2, 0.25) is 0 Å². The number of hydrogen-bond acceptors (Lipinski definition) is 4. The number of rotatable bonds is 4. The molecule has 0 unspecified atom stereocenters. The van der Waals surface area contributed by atoms with Crippen LogP contribution in [0.15, 0.2) is 10.8 Å². The van der Waals surface area contributed by atoms with E-state index in [1.807, 2.05) is 0 Å². The van der Waals surface area contributed by atoms with Gasteiger partial charge in [0.05, 0.1) is 0 Å². The minimum atomic E-state index is 0.678. The van der Waals surface area contributed by atoms with Gasteiger partial charge >= 0.3 is 0 Å². The van der Waals surface area contributed by atoms with E-state index in [9.17, 15) is 0 Å². The molecule has 0 amide bonds. The highest BCUT2D eigenvalue weighted by Crippen LogP contribution is 2.40. The third-order valence-corrected chi connectivity index (χ3v) is 5.56. The molecule has 4 nitrogen and oxygen atoms in total. The lowest BCUT2D eigenvalue weighted by Crippen LogP contribution is -2.47. The Labute approximate surface area is 135 Å². The second-order valence-corrected chi connectivity index (χ2v) is 7.03. The zero-order chi connectivity index (χ0) is 14.7. The second kappa shape index (κ2) is 6.95. The van der Waals surface area contributed by atoms with Gasteiger partial charge in [0.1, 0.15) is 22.4 Å². The molecule has 2 fully saturated rings. The lowest BCUT2D eigenvalue weighted by atomic mass is 9.78. The Hall–Kier alpha value is -0.840. The van der Waals surface area contributed by atoms with Gasteiger partial charge in [-0.05, 0) is 54.0 Å². The maximum atomic E-state index is 4.59. The van der Waals surface area contributed by atoms with Crippen LogP contribution in [0, 0.1) is 5.92 Å². The summed E-state index contributed by atoms with van der Waals surface area (Å²) in [6, 6.07) is 0.678. The number of halogens is 1. The quantitative estimate of drug-likeness (QED) is 0.880. The van der Waals surface area contributed by atoms with Crippen molar-refractivity contribution in [3.8, 4) is 0 Å². The van der Waals surface area contributed by atoms with E-state index in [0.717, 1.165) is 41.5 Å². The summed E-state index contributed by atoms with van der Waals surface area (Å²) in [5, 5.41) is 3.39. The van der Waals surface area contributed by atoms with E-state index in [1.165, 1.54) is 38.5 Å². The van der Waals surface area contributed by atoms with E-state index in [-0.39, 0.29) is 0 Å². The Balaban J connectivity index is 1.84. The summed E-state index contributed by atoms with van der Waals surface area (Å²) < 4.78 is 1.03. The Morgan fingerprint density at radius 3 is 2.90 bits per heavy atom. The lowest BCUT2D eigenvalue weighted by molar-refractivity contribution is 0.242. The highest BCUT2D eigenvalue weighted by Gasteiger charge is 2.34. The fraction of sp³-hybridized carbons (Fsp3) is 0.750. The van der Waals surface area contributed by atoms with Crippen molar-refractivity contribution < 1.29 is 0 Å². The molecular weight excluding hydrogens is 328 g/mol. The van der Waals surface area contributed by atoms with Crippen molar-refractivity contribution >= 4 is 27.6 Å². The van der Waals surface area contributed by atoms with Gasteiger partial charge in [0, 0.05) is 19.1 Å². The minimum Gasteiger partial charge on any atom is -0.369 e. The summed E-state index contributed by atoms with van der Waals surface area (Å²) in [5.41, 5.74) is 0. The molecule has 5 heteroatoms. The standard InChI is InChI=1S/C16H25BrN4/c1-2-9-18-15-14(17)16(20-11-19-15)21-10-5-7-12-6-3-4-8-13(12)21/h11-13H,2-10H2,1H3,(H,18,19,20)/t12-,13-/m1/s1. The van der Waals surface area contributed by atoms with Gasteiger partial charge in [-0.3, -0.25) is 0 Å². The topological polar surface area (TPSA) is 41.1 Å². The van der Waals surface area contributed by atoms with Gasteiger partial charge in [-0.1, -0.05) is 19.8 Å². The first-order valence-electron chi connectivity index (χ1n) is 8.32. The van der Waals surface area contributed by atoms with E-state index in [4.69, 9.17) is 0 Å². The Morgan fingerprint density at radius 2 is 2.05 bits per heavy atom. The SMILES string of the molecule is CCCNc1ncnc(N2CCC[C@H]3CCCC[C@H]32)c1Br. The molecule has 116 valence electrons. The van der Waals surface area contributed by atoms with Crippen LogP contribution in [-0.2, 0) is 0 Å². The molecule has 21 heavy (non-hydrogen) atoms. The predicted octanol–water partition coefficient (Wildman–Crippen LogP) is 4.22. The van der Waals surface area contributed by atoms with Crippen LogP contribution < -0.4 is 10.2 Å². The first kappa shape index (κ1) is 15.1. The van der Waals surface area contributed by atoms with Crippen LogP contribution >= 0.6 is 15.9 Å². The van der Waals surface area contributed by atoms with Crippen LogP contribution in [0.25, 0.3) is 0 Å². The number of fused-ring (bicyclic) bond motifs is 1. The lowest BCUT2D eigenvalue weighted by Gasteiger charge is -2.45. The molecule has 0 spiro atoms. The fourth-order valence-electron chi connectivity index (χ4n) is 3.82. The highest BCUT2D eigenvalue weighted by molar-refractivity contribution is 9.10. The molecule has 1 aliphatic heterocycles. The molecule has 1 aromatic rings. The van der Waals surface area contributed by atoms with Crippen LogP contribution in [0.2, 0.25) is 0 Å². The number of aromatic nitrogens is 2. The summed E-state index contributed by atoms with van der Waals surface area (Å²) in [4.78, 5) is 11.5. The second-order valence-electron chi connectivity index (χ2n) is 6.23. The third kappa shape index (κ3) is 3.17. The molecule has 1 saturated carbocycles. The van der Waals surface area contributed by atoms with E-state index in [2.05, 4.69) is 43.0 Å². The maximum absolute atomic E-state index is 4.59. The first-order valence-corrected chi connectivity index (χ1v) is 9.11. The van der Waals surface area contributed by atoms with Crippen LogP contribution in [0.4, 0.5) is 11.6 Å². The average Bonchev–Trinajstić information content (AvgIpc) is 2.53. The van der Waals surface area contributed by atoms with Gasteiger partial charge < -0.3 is 10.2 Å². The van der Waals surface area contributed by atoms with Crippen molar-refractivity contribution in [2.75, 3.05) is 23.3 Å². The van der Waals surface area contributed by atoms with Crippen molar-refractivity contribution in [1.82, 2.24) is 9.97 Å². The zero-order valence-corrected chi connectivity index (χ0v) is 14.4. The van der Waals surface area contributed by atoms with Crippen LogP contribution in [0.5, 0.6) is 0 Å². The summed E-state index contributed by atoms with van der Waals surface area (Å²) >= 11 is 3.73. The van der Waals surface area contributed by atoms with Crippen molar-refractivity contribution in [3.63, 3.8) is 0 Å². The minimum absolute atomic E-state index is 0.678. The summed E-state index contributed by atoms with van der Waals surface area (Å²) in [6.07, 6.45) is 11.0. The predicted molar refractivity (Wildman–Crippen MR) is 90.8 cm³/mol. The molecule has 1 aliphatic carbocycles. The summed E-state index contributed by atoms with van der Waals surface area (Å²) in [6.45, 7) is 4.24.